The first-order valence-corrected chi connectivity index (χ1v) is 8.03. The molecule has 0 spiro atoms. The molecule has 2 aromatic rings. The Morgan fingerprint density at radius 1 is 1.09 bits per heavy atom. The van der Waals surface area contributed by atoms with Crippen LogP contribution in [0, 0.1) is 5.82 Å². The van der Waals surface area contributed by atoms with Gasteiger partial charge in [0.2, 0.25) is 5.91 Å². The van der Waals surface area contributed by atoms with Crippen molar-refractivity contribution >= 4 is 11.7 Å². The zero-order valence-corrected chi connectivity index (χ0v) is 12.6. The van der Waals surface area contributed by atoms with E-state index < -0.39 is 0 Å². The lowest BCUT2D eigenvalue weighted by Gasteiger charge is -2.24. The molecule has 0 radical (unpaired) electrons. The molecule has 2 N–H and O–H groups in total. The number of amides is 1. The van der Waals surface area contributed by atoms with Crippen LogP contribution in [0.15, 0.2) is 29.1 Å². The average Bonchev–Trinajstić information content (AvgIpc) is 3.15. The molecule has 2 aliphatic rings. The third-order valence-electron chi connectivity index (χ3n) is 4.92. The molecule has 6 heteroatoms. The van der Waals surface area contributed by atoms with Crippen molar-refractivity contribution in [3.8, 4) is 0 Å². The molecule has 4 rings (SSSR count). The Labute approximate surface area is 132 Å². The van der Waals surface area contributed by atoms with Crippen molar-refractivity contribution in [3.05, 3.63) is 51.6 Å². The number of aromatic amines is 1. The van der Waals surface area contributed by atoms with Gasteiger partial charge in [-0.1, -0.05) is 25.0 Å². The van der Waals surface area contributed by atoms with Gasteiger partial charge < -0.3 is 5.32 Å². The second kappa shape index (κ2) is 5.37. The van der Waals surface area contributed by atoms with E-state index in [4.69, 9.17) is 0 Å². The molecule has 5 nitrogen and oxygen atoms in total. The van der Waals surface area contributed by atoms with Gasteiger partial charge in [-0.25, -0.2) is 4.39 Å². The SMILES string of the molecule is O=C1C[C@@H](c2ccc(F)cc2)c2c(n(C3CCCC3)[nH]c2=O)N1. The van der Waals surface area contributed by atoms with Crippen molar-refractivity contribution < 1.29 is 9.18 Å². The normalized spacial score (nSPS) is 21.3. The highest BCUT2D eigenvalue weighted by Gasteiger charge is 2.34. The summed E-state index contributed by atoms with van der Waals surface area (Å²) < 4.78 is 15.0. The molecule has 1 saturated carbocycles. The van der Waals surface area contributed by atoms with Gasteiger partial charge >= 0.3 is 0 Å². The maximum absolute atomic E-state index is 13.2. The molecular formula is C17H18FN3O2. The number of aromatic nitrogens is 2. The number of nitrogens with one attached hydrogen (secondary N) is 2. The van der Waals surface area contributed by atoms with Crippen LogP contribution < -0.4 is 10.9 Å². The second-order valence-electron chi connectivity index (χ2n) is 6.37. The Morgan fingerprint density at radius 3 is 2.48 bits per heavy atom. The second-order valence-corrected chi connectivity index (χ2v) is 6.37. The summed E-state index contributed by atoms with van der Waals surface area (Å²) in [5, 5.41) is 5.76. The Balaban J connectivity index is 1.82. The lowest BCUT2D eigenvalue weighted by Crippen LogP contribution is -2.27. The van der Waals surface area contributed by atoms with Crippen LogP contribution in [0.25, 0.3) is 0 Å². The van der Waals surface area contributed by atoms with Gasteiger partial charge in [-0.15, -0.1) is 0 Å². The summed E-state index contributed by atoms with van der Waals surface area (Å²) in [4.78, 5) is 24.6. The van der Waals surface area contributed by atoms with Gasteiger partial charge in [-0.05, 0) is 30.5 Å². The van der Waals surface area contributed by atoms with Crippen LogP contribution in [-0.4, -0.2) is 15.7 Å². The third-order valence-corrected chi connectivity index (χ3v) is 4.92. The lowest BCUT2D eigenvalue weighted by atomic mass is 9.87. The van der Waals surface area contributed by atoms with E-state index in [1.165, 1.54) is 12.1 Å². The van der Waals surface area contributed by atoms with E-state index in [0.717, 1.165) is 31.2 Å². The van der Waals surface area contributed by atoms with Crippen molar-refractivity contribution in [2.75, 3.05) is 5.32 Å². The summed E-state index contributed by atoms with van der Waals surface area (Å²) in [7, 11) is 0. The monoisotopic (exact) mass is 315 g/mol. The highest BCUT2D eigenvalue weighted by molar-refractivity contribution is 5.94. The van der Waals surface area contributed by atoms with E-state index in [2.05, 4.69) is 10.4 Å². The topological polar surface area (TPSA) is 66.9 Å². The van der Waals surface area contributed by atoms with Crippen molar-refractivity contribution in [3.63, 3.8) is 0 Å². The molecule has 2 heterocycles. The van der Waals surface area contributed by atoms with Gasteiger partial charge in [0.05, 0.1) is 11.6 Å². The first kappa shape index (κ1) is 14.2. The fraction of sp³-hybridized carbons (Fsp3) is 0.412. The van der Waals surface area contributed by atoms with Gasteiger partial charge in [0.15, 0.2) is 0 Å². The molecule has 1 fully saturated rings. The van der Waals surface area contributed by atoms with Gasteiger partial charge in [-0.3, -0.25) is 19.4 Å². The summed E-state index contributed by atoms with van der Waals surface area (Å²) in [5.41, 5.74) is 1.21. The molecule has 120 valence electrons. The molecule has 1 aliphatic carbocycles. The molecule has 1 aliphatic heterocycles. The van der Waals surface area contributed by atoms with Gasteiger partial charge in [0.25, 0.3) is 5.56 Å². The Morgan fingerprint density at radius 2 is 1.78 bits per heavy atom. The standard InChI is InChI=1S/C17H18FN3O2/c18-11-7-5-10(6-8-11)13-9-14(22)19-16-15(13)17(23)20-21(16)12-3-1-2-4-12/h5-8,12-13H,1-4,9H2,(H,19,22)(H,20,23)/t13-/m0/s1. The molecular weight excluding hydrogens is 297 g/mol. The molecule has 1 aromatic heterocycles. The summed E-state index contributed by atoms with van der Waals surface area (Å²) in [6.45, 7) is 0. The summed E-state index contributed by atoms with van der Waals surface area (Å²) >= 11 is 0. The first-order chi connectivity index (χ1) is 11.1. The van der Waals surface area contributed by atoms with Gasteiger partial charge in [-0.2, -0.15) is 0 Å². The molecule has 0 saturated heterocycles. The van der Waals surface area contributed by atoms with E-state index in [1.54, 1.807) is 12.1 Å². The number of carbonyl (C=O) groups excluding carboxylic acids is 1. The van der Waals surface area contributed by atoms with Crippen molar-refractivity contribution in [2.24, 2.45) is 0 Å². The lowest BCUT2D eigenvalue weighted by molar-refractivity contribution is -0.116. The van der Waals surface area contributed by atoms with Gasteiger partial charge in [0, 0.05) is 12.3 Å². The van der Waals surface area contributed by atoms with E-state index >= 15 is 0 Å². The molecule has 0 unspecified atom stereocenters. The predicted molar refractivity (Wildman–Crippen MR) is 84.0 cm³/mol. The fourth-order valence-corrected chi connectivity index (χ4v) is 3.80. The number of hydrogen-bond acceptors (Lipinski definition) is 2. The zero-order chi connectivity index (χ0) is 16.0. The van der Waals surface area contributed by atoms with E-state index in [-0.39, 0.29) is 35.7 Å². The number of rotatable bonds is 2. The number of benzene rings is 1. The third kappa shape index (κ3) is 2.38. The fourth-order valence-electron chi connectivity index (χ4n) is 3.80. The maximum atomic E-state index is 13.2. The number of fused-ring (bicyclic) bond motifs is 1. The minimum atomic E-state index is -0.328. The molecule has 1 aromatic carbocycles. The number of halogens is 1. The summed E-state index contributed by atoms with van der Waals surface area (Å²) in [6, 6.07) is 6.26. The molecule has 0 bridgehead atoms. The summed E-state index contributed by atoms with van der Waals surface area (Å²) in [5.74, 6) is -0.178. The highest BCUT2D eigenvalue weighted by atomic mass is 19.1. The van der Waals surface area contributed by atoms with Crippen LogP contribution in [0.3, 0.4) is 0 Å². The number of carbonyl (C=O) groups is 1. The first-order valence-electron chi connectivity index (χ1n) is 8.03. The predicted octanol–water partition coefficient (Wildman–Crippen LogP) is 2.90. The Hall–Kier alpha value is -2.37. The van der Waals surface area contributed by atoms with Crippen LogP contribution in [0.2, 0.25) is 0 Å². The minimum Gasteiger partial charge on any atom is -0.311 e. The smallest absolute Gasteiger partial charge is 0.270 e. The van der Waals surface area contributed by atoms with Crippen molar-refractivity contribution in [1.29, 1.82) is 0 Å². The quantitative estimate of drug-likeness (QED) is 0.895. The number of H-pyrrole nitrogens is 1. The zero-order valence-electron chi connectivity index (χ0n) is 12.6. The largest absolute Gasteiger partial charge is 0.311 e. The van der Waals surface area contributed by atoms with Gasteiger partial charge in [0.1, 0.15) is 11.6 Å². The van der Waals surface area contributed by atoms with Crippen LogP contribution >= 0.6 is 0 Å². The Bertz CT molecular complexity index is 800. The van der Waals surface area contributed by atoms with E-state index in [1.807, 2.05) is 4.68 Å². The van der Waals surface area contributed by atoms with Crippen molar-refractivity contribution in [1.82, 2.24) is 9.78 Å². The average molecular weight is 315 g/mol. The van der Waals surface area contributed by atoms with E-state index in [9.17, 15) is 14.0 Å². The molecule has 1 amide bonds. The van der Waals surface area contributed by atoms with Crippen molar-refractivity contribution in [2.45, 2.75) is 44.1 Å². The Kier molecular flexibility index (Phi) is 3.32. The summed E-state index contributed by atoms with van der Waals surface area (Å²) in [6.07, 6.45) is 4.49. The van der Waals surface area contributed by atoms with Crippen LogP contribution in [0.5, 0.6) is 0 Å². The van der Waals surface area contributed by atoms with Crippen LogP contribution in [0.4, 0.5) is 10.2 Å². The maximum Gasteiger partial charge on any atom is 0.270 e. The minimum absolute atomic E-state index is 0.113. The number of anilines is 1. The van der Waals surface area contributed by atoms with E-state index in [0.29, 0.717) is 11.4 Å². The molecule has 1 atom stereocenters. The number of hydrogen-bond donors (Lipinski definition) is 2. The number of nitrogens with zero attached hydrogens (tertiary/aromatic N) is 1. The molecule has 23 heavy (non-hydrogen) atoms. The van der Waals surface area contributed by atoms with Crippen LogP contribution in [-0.2, 0) is 4.79 Å². The van der Waals surface area contributed by atoms with Crippen LogP contribution in [0.1, 0.15) is 55.2 Å². The highest BCUT2D eigenvalue weighted by Crippen LogP contribution is 2.38.